The van der Waals surface area contributed by atoms with Crippen LogP contribution in [0, 0.1) is 0 Å². The predicted octanol–water partition coefficient (Wildman–Crippen LogP) is 2.02. The summed E-state index contributed by atoms with van der Waals surface area (Å²) in [6, 6.07) is 0. The van der Waals surface area contributed by atoms with Crippen molar-refractivity contribution in [1.29, 1.82) is 0 Å². The molecule has 0 radical (unpaired) electrons. The Balaban J connectivity index is 2.52. The number of allylic oxidation sites excluding steroid dienone is 1. The van der Waals surface area contributed by atoms with Gasteiger partial charge >= 0.3 is 0 Å². The smallest absolute Gasteiger partial charge is 0.265 e. The maximum Gasteiger partial charge on any atom is 0.265 e. The predicted molar refractivity (Wildman–Crippen MR) is 66.1 cm³/mol. The van der Waals surface area contributed by atoms with Crippen LogP contribution in [0.25, 0.3) is 0 Å². The molecule has 0 saturated carbocycles. The van der Waals surface area contributed by atoms with Gasteiger partial charge in [-0.1, -0.05) is 30.0 Å². The van der Waals surface area contributed by atoms with Gasteiger partial charge in [-0.3, -0.25) is 4.79 Å². The minimum Gasteiger partial charge on any atom is -0.348 e. The fraction of sp³-hybridized carbons (Fsp3) is 0.500. The van der Waals surface area contributed by atoms with Crippen molar-refractivity contribution in [3.8, 4) is 0 Å². The molecule has 1 N–H and O–H groups in total. The quantitative estimate of drug-likeness (QED) is 0.628. The van der Waals surface area contributed by atoms with Crippen LogP contribution in [0.3, 0.4) is 0 Å². The summed E-state index contributed by atoms with van der Waals surface area (Å²) in [5.41, 5.74) is 0.784. The Kier molecular flexibility index (Phi) is 6.03. The molecule has 0 aliphatic rings. The fourth-order valence-corrected chi connectivity index (χ4v) is 1.91. The number of halogens is 1. The average Bonchev–Trinajstić information content (AvgIpc) is 2.73. The molecule has 0 aliphatic heterocycles. The third-order valence-corrected chi connectivity index (χ3v) is 2.83. The number of carbonyl (C=O) groups excluding carboxylic acids is 1. The molecule has 0 atom stereocenters. The number of amides is 1. The Morgan fingerprint density at radius 1 is 1.56 bits per heavy atom. The van der Waals surface area contributed by atoms with Gasteiger partial charge in [0.25, 0.3) is 5.91 Å². The molecule has 0 bridgehead atoms. The van der Waals surface area contributed by atoms with Gasteiger partial charge in [-0.05, 0) is 18.0 Å². The van der Waals surface area contributed by atoms with E-state index in [1.165, 1.54) is 0 Å². The summed E-state index contributed by atoms with van der Waals surface area (Å²) in [6.45, 7) is 2.53. The van der Waals surface area contributed by atoms with Crippen LogP contribution in [-0.2, 0) is 6.42 Å². The first-order chi connectivity index (χ1) is 7.79. The molecule has 16 heavy (non-hydrogen) atoms. The molecule has 0 saturated heterocycles. The number of hydrogen-bond acceptors (Lipinski definition) is 4. The van der Waals surface area contributed by atoms with E-state index in [-0.39, 0.29) is 5.91 Å². The van der Waals surface area contributed by atoms with Crippen molar-refractivity contribution in [3.05, 3.63) is 22.7 Å². The first-order valence-electron chi connectivity index (χ1n) is 5.10. The molecular formula is C10H14ClN3OS. The lowest BCUT2D eigenvalue weighted by molar-refractivity contribution is 0.0961. The van der Waals surface area contributed by atoms with Gasteiger partial charge in [-0.25, -0.2) is 0 Å². The molecule has 0 unspecified atom stereocenters. The number of aromatic nitrogens is 2. The molecule has 1 heterocycles. The Morgan fingerprint density at radius 2 is 2.38 bits per heavy atom. The summed E-state index contributed by atoms with van der Waals surface area (Å²) in [7, 11) is 0. The van der Waals surface area contributed by atoms with E-state index in [4.69, 9.17) is 11.6 Å². The minimum absolute atomic E-state index is 0.113. The SMILES string of the molecule is CCCc1nnsc1C(=O)NC/C=C/CCl. The van der Waals surface area contributed by atoms with E-state index in [2.05, 4.69) is 14.9 Å². The zero-order chi connectivity index (χ0) is 11.8. The summed E-state index contributed by atoms with van der Waals surface area (Å²) < 4.78 is 3.80. The number of nitrogens with zero attached hydrogens (tertiary/aromatic N) is 2. The normalized spacial score (nSPS) is 10.9. The monoisotopic (exact) mass is 259 g/mol. The maximum atomic E-state index is 11.7. The second kappa shape index (κ2) is 7.35. The van der Waals surface area contributed by atoms with E-state index in [1.807, 2.05) is 13.0 Å². The van der Waals surface area contributed by atoms with Crippen LogP contribution in [-0.4, -0.2) is 27.9 Å². The summed E-state index contributed by atoms with van der Waals surface area (Å²) >= 11 is 6.60. The van der Waals surface area contributed by atoms with Crippen molar-refractivity contribution >= 4 is 29.0 Å². The van der Waals surface area contributed by atoms with Gasteiger partial charge in [0, 0.05) is 12.4 Å². The third-order valence-electron chi connectivity index (χ3n) is 1.89. The van der Waals surface area contributed by atoms with Gasteiger partial charge in [0.2, 0.25) is 0 Å². The molecule has 1 aromatic rings. The zero-order valence-corrected chi connectivity index (χ0v) is 10.6. The standard InChI is InChI=1S/C10H14ClN3OS/c1-2-5-8-9(16-14-13-8)10(15)12-7-4-3-6-11/h3-4H,2,5-7H2,1H3,(H,12,15)/b4-3+. The van der Waals surface area contributed by atoms with Crippen molar-refractivity contribution in [2.45, 2.75) is 19.8 Å². The minimum atomic E-state index is -0.113. The highest BCUT2D eigenvalue weighted by atomic mass is 35.5. The first kappa shape index (κ1) is 13.1. The number of aryl methyl sites for hydroxylation is 1. The van der Waals surface area contributed by atoms with Crippen LogP contribution in [0.4, 0.5) is 0 Å². The number of hydrogen-bond donors (Lipinski definition) is 1. The molecule has 0 spiro atoms. The van der Waals surface area contributed by atoms with Gasteiger partial charge in [0.05, 0.1) is 5.69 Å². The molecular weight excluding hydrogens is 246 g/mol. The van der Waals surface area contributed by atoms with Gasteiger partial charge in [-0.15, -0.1) is 16.7 Å². The second-order valence-electron chi connectivity index (χ2n) is 3.13. The number of carbonyl (C=O) groups is 1. The summed E-state index contributed by atoms with van der Waals surface area (Å²) in [6.07, 6.45) is 5.35. The molecule has 1 amide bonds. The Labute approximate surface area is 104 Å². The van der Waals surface area contributed by atoms with E-state index in [0.717, 1.165) is 30.1 Å². The average molecular weight is 260 g/mol. The molecule has 0 aromatic carbocycles. The molecule has 6 heteroatoms. The molecule has 0 aliphatic carbocycles. The van der Waals surface area contributed by atoms with Crippen molar-refractivity contribution in [2.75, 3.05) is 12.4 Å². The lowest BCUT2D eigenvalue weighted by atomic mass is 10.2. The van der Waals surface area contributed by atoms with E-state index in [9.17, 15) is 4.79 Å². The van der Waals surface area contributed by atoms with Crippen molar-refractivity contribution in [2.24, 2.45) is 0 Å². The lowest BCUT2D eigenvalue weighted by Gasteiger charge is -2.00. The van der Waals surface area contributed by atoms with E-state index >= 15 is 0 Å². The summed E-state index contributed by atoms with van der Waals surface area (Å²) in [5, 5.41) is 6.70. The number of nitrogens with one attached hydrogen (secondary N) is 1. The van der Waals surface area contributed by atoms with Crippen molar-refractivity contribution in [1.82, 2.24) is 14.9 Å². The molecule has 1 aromatic heterocycles. The maximum absolute atomic E-state index is 11.7. The van der Waals surface area contributed by atoms with Crippen molar-refractivity contribution in [3.63, 3.8) is 0 Å². The Bertz CT molecular complexity index is 365. The van der Waals surface area contributed by atoms with Gasteiger partial charge in [0.15, 0.2) is 0 Å². The van der Waals surface area contributed by atoms with Gasteiger partial charge < -0.3 is 5.32 Å². The molecule has 1 rings (SSSR count). The van der Waals surface area contributed by atoms with Crippen LogP contribution < -0.4 is 5.32 Å². The van der Waals surface area contributed by atoms with Crippen LogP contribution in [0.2, 0.25) is 0 Å². The van der Waals surface area contributed by atoms with Crippen LogP contribution >= 0.6 is 23.1 Å². The fourth-order valence-electron chi connectivity index (χ4n) is 1.16. The van der Waals surface area contributed by atoms with Crippen LogP contribution in [0.5, 0.6) is 0 Å². The molecule has 88 valence electrons. The van der Waals surface area contributed by atoms with Crippen LogP contribution in [0.1, 0.15) is 28.7 Å². The van der Waals surface area contributed by atoms with E-state index in [0.29, 0.717) is 17.3 Å². The largest absolute Gasteiger partial charge is 0.348 e. The highest BCUT2D eigenvalue weighted by molar-refractivity contribution is 7.08. The Hall–Kier alpha value is -0.940. The zero-order valence-electron chi connectivity index (χ0n) is 9.07. The highest BCUT2D eigenvalue weighted by Crippen LogP contribution is 2.11. The van der Waals surface area contributed by atoms with E-state index in [1.54, 1.807) is 6.08 Å². The van der Waals surface area contributed by atoms with E-state index < -0.39 is 0 Å². The Morgan fingerprint density at radius 3 is 3.06 bits per heavy atom. The number of alkyl halides is 1. The van der Waals surface area contributed by atoms with Crippen LogP contribution in [0.15, 0.2) is 12.2 Å². The first-order valence-corrected chi connectivity index (χ1v) is 6.40. The molecule has 4 nitrogen and oxygen atoms in total. The lowest BCUT2D eigenvalue weighted by Crippen LogP contribution is -2.23. The third kappa shape index (κ3) is 3.90. The molecule has 0 fully saturated rings. The van der Waals surface area contributed by atoms with Gasteiger partial charge in [0.1, 0.15) is 4.88 Å². The van der Waals surface area contributed by atoms with Gasteiger partial charge in [-0.2, -0.15) is 0 Å². The number of rotatable bonds is 6. The van der Waals surface area contributed by atoms with Crippen molar-refractivity contribution < 1.29 is 4.79 Å². The summed E-state index contributed by atoms with van der Waals surface area (Å²) in [5.74, 6) is 0.344. The summed E-state index contributed by atoms with van der Waals surface area (Å²) in [4.78, 5) is 12.3. The highest BCUT2D eigenvalue weighted by Gasteiger charge is 2.14. The topological polar surface area (TPSA) is 54.9 Å². The second-order valence-corrected chi connectivity index (χ2v) is 4.20.